The molecule has 1 heterocycles. The molecule has 0 N–H and O–H groups in total. The number of hydrogen-bond donors (Lipinski definition) is 0. The summed E-state index contributed by atoms with van der Waals surface area (Å²) in [7, 11) is 0. The van der Waals surface area contributed by atoms with Gasteiger partial charge in [0, 0.05) is 30.9 Å². The maximum Gasteiger partial charge on any atom is 0.245 e. The molecule has 98 valence electrons. The first-order chi connectivity index (χ1) is 8.60. The molecular formula is C15H22N2O. The third-order valence-corrected chi connectivity index (χ3v) is 3.17. The van der Waals surface area contributed by atoms with E-state index in [0.717, 1.165) is 37.2 Å². The van der Waals surface area contributed by atoms with Crippen molar-refractivity contribution in [1.82, 2.24) is 4.90 Å². The van der Waals surface area contributed by atoms with Crippen LogP contribution >= 0.6 is 0 Å². The van der Waals surface area contributed by atoms with Crippen molar-refractivity contribution in [3.8, 4) is 0 Å². The van der Waals surface area contributed by atoms with E-state index in [2.05, 4.69) is 18.2 Å². The molecule has 1 fully saturated rings. The highest BCUT2D eigenvalue weighted by Gasteiger charge is 2.24. The fourth-order valence-electron chi connectivity index (χ4n) is 2.22. The number of likely N-dealkylation sites (tertiary alicyclic amines) is 1. The number of amides is 1. The van der Waals surface area contributed by atoms with E-state index >= 15 is 0 Å². The zero-order valence-electron chi connectivity index (χ0n) is 11.4. The molecule has 18 heavy (non-hydrogen) atoms. The summed E-state index contributed by atoms with van der Waals surface area (Å²) in [5.41, 5.74) is 2.08. The number of allylic oxidation sites excluding steroid dienone is 2. The molecule has 1 aliphatic heterocycles. The molecule has 1 aliphatic rings. The van der Waals surface area contributed by atoms with Crippen LogP contribution in [0.1, 0.15) is 26.7 Å². The number of carbonyl (C=O) groups excluding carboxylic acids is 1. The van der Waals surface area contributed by atoms with Gasteiger partial charge in [0.2, 0.25) is 5.91 Å². The molecule has 0 bridgehead atoms. The second-order valence-corrected chi connectivity index (χ2v) is 4.58. The predicted molar refractivity (Wildman–Crippen MR) is 76.6 cm³/mol. The zero-order valence-corrected chi connectivity index (χ0v) is 11.4. The molecule has 0 saturated carbocycles. The Hall–Kier alpha value is -1.64. The Morgan fingerprint density at radius 3 is 2.44 bits per heavy atom. The summed E-state index contributed by atoms with van der Waals surface area (Å²) >= 11 is 0. The van der Waals surface area contributed by atoms with Gasteiger partial charge in [-0.15, -0.1) is 0 Å². The number of hydrogen-bond acceptors (Lipinski definition) is 2. The molecule has 3 nitrogen and oxygen atoms in total. The van der Waals surface area contributed by atoms with E-state index in [9.17, 15) is 4.79 Å². The monoisotopic (exact) mass is 246 g/mol. The largest absolute Gasteiger partial charge is 0.339 e. The third kappa shape index (κ3) is 3.69. The lowest BCUT2D eigenvalue weighted by Gasteiger charge is -2.32. The minimum Gasteiger partial charge on any atom is -0.339 e. The molecule has 1 saturated heterocycles. The average Bonchev–Trinajstić information content (AvgIpc) is 2.38. The first-order valence-electron chi connectivity index (χ1n) is 6.36. The highest BCUT2D eigenvalue weighted by Crippen LogP contribution is 2.22. The van der Waals surface area contributed by atoms with Crippen molar-refractivity contribution < 1.29 is 4.79 Å². The molecule has 0 aromatic rings. The Balaban J connectivity index is 2.68. The fraction of sp³-hybridized carbons (Fsp3) is 0.467. The molecule has 3 heteroatoms. The quantitative estimate of drug-likeness (QED) is 0.554. The first kappa shape index (κ1) is 14.4. The van der Waals surface area contributed by atoms with Gasteiger partial charge in [0.15, 0.2) is 0 Å². The average molecular weight is 246 g/mol. The summed E-state index contributed by atoms with van der Waals surface area (Å²) < 4.78 is 0. The molecule has 0 spiro atoms. The zero-order chi connectivity index (χ0) is 13.5. The first-order valence-corrected chi connectivity index (χ1v) is 6.36. The van der Waals surface area contributed by atoms with Gasteiger partial charge in [0.05, 0.1) is 0 Å². The molecule has 0 aromatic carbocycles. The molecular weight excluding hydrogens is 224 g/mol. The van der Waals surface area contributed by atoms with Gasteiger partial charge in [-0.1, -0.05) is 19.2 Å². The van der Waals surface area contributed by atoms with Crippen molar-refractivity contribution in [2.24, 2.45) is 10.9 Å². The number of piperidine rings is 1. The molecule has 0 aliphatic carbocycles. The van der Waals surface area contributed by atoms with Crippen molar-refractivity contribution >= 4 is 11.6 Å². The van der Waals surface area contributed by atoms with Crippen LogP contribution in [0.15, 0.2) is 42.1 Å². The minimum atomic E-state index is 0.0238. The van der Waals surface area contributed by atoms with Crippen LogP contribution in [0.5, 0.6) is 0 Å². The summed E-state index contributed by atoms with van der Waals surface area (Å²) in [5, 5.41) is 0. The van der Waals surface area contributed by atoms with Crippen LogP contribution in [-0.2, 0) is 4.79 Å². The van der Waals surface area contributed by atoms with Gasteiger partial charge < -0.3 is 4.90 Å². The van der Waals surface area contributed by atoms with Crippen LogP contribution < -0.4 is 0 Å². The molecule has 0 radical (unpaired) electrons. The second-order valence-electron chi connectivity index (χ2n) is 4.58. The Morgan fingerprint density at radius 1 is 1.39 bits per heavy atom. The normalized spacial score (nSPS) is 18.1. The van der Waals surface area contributed by atoms with Crippen molar-refractivity contribution in [2.75, 3.05) is 13.1 Å². The van der Waals surface area contributed by atoms with Crippen molar-refractivity contribution in [2.45, 2.75) is 26.7 Å². The van der Waals surface area contributed by atoms with E-state index in [0.29, 0.717) is 5.92 Å². The Bertz CT molecular complexity index is 385. The van der Waals surface area contributed by atoms with Crippen LogP contribution in [0.4, 0.5) is 0 Å². The maximum atomic E-state index is 11.5. The predicted octanol–water partition coefficient (Wildman–Crippen LogP) is 2.96. The third-order valence-electron chi connectivity index (χ3n) is 3.17. The van der Waals surface area contributed by atoms with Crippen molar-refractivity contribution in [1.29, 1.82) is 0 Å². The van der Waals surface area contributed by atoms with Crippen LogP contribution in [0.2, 0.25) is 0 Å². The Labute approximate surface area is 110 Å². The molecule has 0 atom stereocenters. The highest BCUT2D eigenvalue weighted by molar-refractivity contribution is 6.01. The van der Waals surface area contributed by atoms with Gasteiger partial charge in [0.25, 0.3) is 0 Å². The number of nitrogens with zero attached hydrogens (tertiary/aromatic N) is 2. The number of rotatable bonds is 4. The van der Waals surface area contributed by atoms with Crippen molar-refractivity contribution in [3.63, 3.8) is 0 Å². The van der Waals surface area contributed by atoms with E-state index < -0.39 is 0 Å². The van der Waals surface area contributed by atoms with E-state index in [1.165, 1.54) is 6.08 Å². The van der Waals surface area contributed by atoms with Gasteiger partial charge in [-0.3, -0.25) is 9.79 Å². The smallest absolute Gasteiger partial charge is 0.245 e. The standard InChI is InChI=1S/C15H22N2O/c1-5-9-16-15(12(3)4)13-7-10-17(11-8-13)14(18)6-2/h5-6,9,13H,2-3,7-8,10-11H2,1,4H3/b9-5-,16-15?. The summed E-state index contributed by atoms with van der Waals surface area (Å²) in [4.78, 5) is 17.8. The van der Waals surface area contributed by atoms with E-state index in [4.69, 9.17) is 0 Å². The minimum absolute atomic E-state index is 0.0238. The molecule has 1 amide bonds. The summed E-state index contributed by atoms with van der Waals surface area (Å²) in [5.74, 6) is 0.434. The molecule has 0 unspecified atom stereocenters. The van der Waals surface area contributed by atoms with E-state index in [1.807, 2.05) is 31.0 Å². The van der Waals surface area contributed by atoms with E-state index in [-0.39, 0.29) is 5.91 Å². The van der Waals surface area contributed by atoms with Gasteiger partial charge in [-0.2, -0.15) is 0 Å². The fourth-order valence-corrected chi connectivity index (χ4v) is 2.22. The van der Waals surface area contributed by atoms with Crippen LogP contribution in [0.25, 0.3) is 0 Å². The summed E-state index contributed by atoms with van der Waals surface area (Å²) in [6, 6.07) is 0. The van der Waals surface area contributed by atoms with Gasteiger partial charge in [-0.25, -0.2) is 0 Å². The van der Waals surface area contributed by atoms with Crippen LogP contribution in [0, 0.1) is 5.92 Å². The Morgan fingerprint density at radius 2 is 2.00 bits per heavy atom. The topological polar surface area (TPSA) is 32.7 Å². The summed E-state index contributed by atoms with van der Waals surface area (Å²) in [6.45, 7) is 13.0. The lowest BCUT2D eigenvalue weighted by atomic mass is 9.88. The lowest BCUT2D eigenvalue weighted by Crippen LogP contribution is -2.39. The second kappa shape index (κ2) is 6.94. The number of aliphatic imine (C=N–C) groups is 1. The van der Waals surface area contributed by atoms with Crippen LogP contribution in [-0.4, -0.2) is 29.6 Å². The molecule has 1 rings (SSSR count). The van der Waals surface area contributed by atoms with Gasteiger partial charge in [-0.05, 0) is 38.3 Å². The van der Waals surface area contributed by atoms with E-state index in [1.54, 1.807) is 0 Å². The Kier molecular flexibility index (Phi) is 5.56. The summed E-state index contributed by atoms with van der Waals surface area (Å²) in [6.07, 6.45) is 7.00. The van der Waals surface area contributed by atoms with Crippen LogP contribution in [0.3, 0.4) is 0 Å². The van der Waals surface area contributed by atoms with Crippen molar-refractivity contribution in [3.05, 3.63) is 37.1 Å². The maximum absolute atomic E-state index is 11.5. The van der Waals surface area contributed by atoms with Gasteiger partial charge in [0.1, 0.15) is 0 Å². The number of carbonyl (C=O) groups is 1. The lowest BCUT2D eigenvalue weighted by molar-refractivity contribution is -0.127. The SMILES string of the molecule is C=CC(=O)N1CCC(C(=N/C=C\C)C(=C)C)CC1. The van der Waals surface area contributed by atoms with Gasteiger partial charge >= 0.3 is 0 Å². The highest BCUT2D eigenvalue weighted by atomic mass is 16.2. The molecule has 0 aromatic heterocycles.